The van der Waals surface area contributed by atoms with E-state index >= 15 is 0 Å². The molecule has 0 aliphatic heterocycles. The average Bonchev–Trinajstić information content (AvgIpc) is 2.53. The zero-order valence-corrected chi connectivity index (χ0v) is 15.9. The molecule has 0 saturated carbocycles. The van der Waals surface area contributed by atoms with E-state index in [-0.39, 0.29) is 6.61 Å². The van der Waals surface area contributed by atoms with Gasteiger partial charge in [0.2, 0.25) is 0 Å². The van der Waals surface area contributed by atoms with Crippen molar-refractivity contribution in [1.82, 2.24) is 5.32 Å². The van der Waals surface area contributed by atoms with Gasteiger partial charge in [-0.25, -0.2) is 9.59 Å². The number of alkyl carbamates (subject to hydrolysis) is 1. The monoisotopic (exact) mass is 429 g/mol. The number of hydrogen-bond acceptors (Lipinski definition) is 4. The van der Waals surface area contributed by atoms with Crippen molar-refractivity contribution in [2.24, 2.45) is 5.92 Å². The first-order valence-electron chi connectivity index (χ1n) is 8.43. The molecule has 0 radical (unpaired) electrons. The Balaban J connectivity index is 2.95. The molecule has 164 valence electrons. The number of nitrogens with one attached hydrogen (secondary N) is 1. The first kappa shape index (κ1) is 24.6. The number of benzene rings is 1. The predicted molar refractivity (Wildman–Crippen MR) is 89.6 cm³/mol. The quantitative estimate of drug-likeness (QED) is 0.524. The third kappa shape index (κ3) is 9.05. The van der Waals surface area contributed by atoms with Crippen LogP contribution in [0.1, 0.15) is 32.8 Å². The van der Waals surface area contributed by atoms with E-state index in [1.807, 2.05) is 0 Å². The second kappa shape index (κ2) is 9.36. The van der Waals surface area contributed by atoms with Crippen molar-refractivity contribution in [3.05, 3.63) is 35.9 Å². The van der Waals surface area contributed by atoms with E-state index in [9.17, 15) is 35.9 Å². The molecule has 1 amide bonds. The molecule has 11 heteroatoms. The van der Waals surface area contributed by atoms with E-state index in [1.54, 1.807) is 35.6 Å². The number of rotatable bonds is 6. The SMILES string of the molecule is CC(C)(C)OC(=O)C(CC(C(F)(F)F)C(F)(F)F)NC(=O)OCc1ccccc1. The fourth-order valence-electron chi connectivity index (χ4n) is 2.18. The van der Waals surface area contributed by atoms with Crippen molar-refractivity contribution in [3.8, 4) is 0 Å². The molecule has 1 N–H and O–H groups in total. The van der Waals surface area contributed by atoms with Gasteiger partial charge in [-0.15, -0.1) is 0 Å². The summed E-state index contributed by atoms with van der Waals surface area (Å²) in [5.41, 5.74) is -0.670. The lowest BCUT2D eigenvalue weighted by Gasteiger charge is -2.28. The number of ether oxygens (including phenoxy) is 2. The van der Waals surface area contributed by atoms with Gasteiger partial charge in [-0.05, 0) is 32.8 Å². The standard InChI is InChI=1S/C18H21F6NO4/c1-16(2,3)29-14(26)12(9-13(17(19,20)21)18(22,23)24)25-15(27)28-10-11-7-5-4-6-8-11/h4-8,12-13H,9-10H2,1-3H3,(H,25,27). The highest BCUT2D eigenvalue weighted by molar-refractivity contribution is 5.81. The molecule has 0 heterocycles. The van der Waals surface area contributed by atoms with Crippen LogP contribution in [0.15, 0.2) is 30.3 Å². The maximum absolute atomic E-state index is 12.9. The smallest absolute Gasteiger partial charge is 0.408 e. The number of carbonyl (C=O) groups is 2. The van der Waals surface area contributed by atoms with E-state index in [0.717, 1.165) is 0 Å². The van der Waals surface area contributed by atoms with E-state index in [1.165, 1.54) is 20.8 Å². The predicted octanol–water partition coefficient (Wildman–Crippen LogP) is 4.75. The lowest BCUT2D eigenvalue weighted by molar-refractivity contribution is -0.286. The van der Waals surface area contributed by atoms with Crippen molar-refractivity contribution in [1.29, 1.82) is 0 Å². The number of hydrogen-bond donors (Lipinski definition) is 1. The molecule has 5 nitrogen and oxygen atoms in total. The summed E-state index contributed by atoms with van der Waals surface area (Å²) in [5.74, 6) is -5.27. The fraction of sp³-hybridized carbons (Fsp3) is 0.556. The molecule has 0 aromatic heterocycles. The van der Waals surface area contributed by atoms with E-state index < -0.39 is 48.4 Å². The lowest BCUT2D eigenvalue weighted by atomic mass is 9.98. The minimum Gasteiger partial charge on any atom is -0.458 e. The second-order valence-electron chi connectivity index (χ2n) is 7.16. The molecule has 0 spiro atoms. The summed E-state index contributed by atoms with van der Waals surface area (Å²) < 4.78 is 86.8. The van der Waals surface area contributed by atoms with Gasteiger partial charge in [0.25, 0.3) is 0 Å². The molecule has 1 aromatic carbocycles. The van der Waals surface area contributed by atoms with Crippen LogP contribution >= 0.6 is 0 Å². The lowest BCUT2D eigenvalue weighted by Crippen LogP contribution is -2.49. The first-order valence-corrected chi connectivity index (χ1v) is 8.43. The Morgan fingerprint density at radius 3 is 1.93 bits per heavy atom. The molecule has 0 saturated heterocycles. The Morgan fingerprint density at radius 1 is 0.966 bits per heavy atom. The molecule has 0 aliphatic rings. The maximum atomic E-state index is 12.9. The number of halogens is 6. The molecule has 0 aliphatic carbocycles. The van der Waals surface area contributed by atoms with Crippen molar-refractivity contribution >= 4 is 12.1 Å². The van der Waals surface area contributed by atoms with E-state index in [2.05, 4.69) is 0 Å². The molecule has 1 rings (SSSR count). The number of amides is 1. The first-order chi connectivity index (χ1) is 13.1. The van der Waals surface area contributed by atoms with Crippen LogP contribution in [0.5, 0.6) is 0 Å². The number of carbonyl (C=O) groups excluding carboxylic acids is 2. The summed E-state index contributed by atoms with van der Waals surface area (Å²) >= 11 is 0. The highest BCUT2D eigenvalue weighted by Gasteiger charge is 2.57. The number of esters is 1. The molecule has 0 fully saturated rings. The van der Waals surface area contributed by atoms with Crippen molar-refractivity contribution in [3.63, 3.8) is 0 Å². The summed E-state index contributed by atoms with van der Waals surface area (Å²) in [6.45, 7) is 3.83. The minimum absolute atomic E-state index is 0.296. The van der Waals surface area contributed by atoms with Crippen LogP contribution < -0.4 is 5.32 Å². The zero-order valence-electron chi connectivity index (χ0n) is 15.9. The van der Waals surface area contributed by atoms with Crippen LogP contribution in [0.25, 0.3) is 0 Å². The third-order valence-corrected chi connectivity index (χ3v) is 3.46. The van der Waals surface area contributed by atoms with Gasteiger partial charge in [-0.3, -0.25) is 0 Å². The Bertz CT molecular complexity index is 668. The summed E-state index contributed by atoms with van der Waals surface area (Å²) in [6.07, 6.45) is -14.5. The zero-order chi connectivity index (χ0) is 22.5. The summed E-state index contributed by atoms with van der Waals surface area (Å²) in [4.78, 5) is 24.0. The van der Waals surface area contributed by atoms with Crippen molar-refractivity contribution in [2.75, 3.05) is 0 Å². The highest BCUT2D eigenvalue weighted by atomic mass is 19.4. The molecule has 29 heavy (non-hydrogen) atoms. The summed E-state index contributed by atoms with van der Waals surface area (Å²) in [7, 11) is 0. The van der Waals surface area contributed by atoms with Gasteiger partial charge in [0.15, 0.2) is 5.92 Å². The molecule has 1 unspecified atom stereocenters. The Hall–Kier alpha value is -2.46. The van der Waals surface area contributed by atoms with Gasteiger partial charge in [-0.1, -0.05) is 30.3 Å². The molecular weight excluding hydrogens is 408 g/mol. The molecule has 1 aromatic rings. The van der Waals surface area contributed by atoms with Gasteiger partial charge in [-0.2, -0.15) is 26.3 Å². The van der Waals surface area contributed by atoms with E-state index in [0.29, 0.717) is 5.56 Å². The third-order valence-electron chi connectivity index (χ3n) is 3.46. The largest absolute Gasteiger partial charge is 0.458 e. The maximum Gasteiger partial charge on any atom is 0.408 e. The highest BCUT2D eigenvalue weighted by Crippen LogP contribution is 2.42. The van der Waals surface area contributed by atoms with Gasteiger partial charge >= 0.3 is 24.4 Å². The van der Waals surface area contributed by atoms with E-state index in [4.69, 9.17) is 9.47 Å². The van der Waals surface area contributed by atoms with Gasteiger partial charge < -0.3 is 14.8 Å². The molecular formula is C18H21F6NO4. The summed E-state index contributed by atoms with van der Waals surface area (Å²) in [5, 5.41) is 1.75. The van der Waals surface area contributed by atoms with Gasteiger partial charge in [0, 0.05) is 0 Å². The van der Waals surface area contributed by atoms with Crippen LogP contribution in [-0.2, 0) is 20.9 Å². The number of alkyl halides is 6. The Kier molecular flexibility index (Phi) is 7.93. The second-order valence-corrected chi connectivity index (χ2v) is 7.16. The van der Waals surface area contributed by atoms with Gasteiger partial charge in [0.1, 0.15) is 18.2 Å². The normalized spacial score (nSPS) is 13.7. The van der Waals surface area contributed by atoms with Crippen LogP contribution in [0, 0.1) is 5.92 Å². The topological polar surface area (TPSA) is 64.6 Å². The minimum atomic E-state index is -5.67. The van der Waals surface area contributed by atoms with Crippen LogP contribution in [0.4, 0.5) is 31.1 Å². The van der Waals surface area contributed by atoms with Crippen molar-refractivity contribution < 1.29 is 45.4 Å². The average molecular weight is 429 g/mol. The van der Waals surface area contributed by atoms with Gasteiger partial charge in [0.05, 0.1) is 0 Å². The summed E-state index contributed by atoms with van der Waals surface area (Å²) in [6, 6.07) is 5.92. The van der Waals surface area contributed by atoms with Crippen LogP contribution in [0.3, 0.4) is 0 Å². The van der Waals surface area contributed by atoms with Crippen LogP contribution in [-0.4, -0.2) is 36.1 Å². The Morgan fingerprint density at radius 2 is 1.48 bits per heavy atom. The molecule has 0 bridgehead atoms. The fourth-order valence-corrected chi connectivity index (χ4v) is 2.18. The van der Waals surface area contributed by atoms with Crippen molar-refractivity contribution in [2.45, 2.75) is 57.8 Å². The Labute approximate surface area is 163 Å². The van der Waals surface area contributed by atoms with Crippen LogP contribution in [0.2, 0.25) is 0 Å². The molecule has 1 atom stereocenters.